The molecule has 2 amide bonds. The Hall–Kier alpha value is -2.82. The van der Waals surface area contributed by atoms with E-state index in [1.54, 1.807) is 13.2 Å². The van der Waals surface area contributed by atoms with E-state index in [1.165, 1.54) is 0 Å². The average Bonchev–Trinajstić information content (AvgIpc) is 2.71. The third-order valence-electron chi connectivity index (χ3n) is 4.45. The van der Waals surface area contributed by atoms with Gasteiger partial charge in [0.15, 0.2) is 0 Å². The second kappa shape index (κ2) is 10.5. The van der Waals surface area contributed by atoms with Crippen LogP contribution in [-0.2, 0) is 6.54 Å². The smallest absolute Gasteiger partial charge is 0.253 e. The van der Waals surface area contributed by atoms with E-state index in [4.69, 9.17) is 4.74 Å². The number of hydrogen-bond acceptors (Lipinski definition) is 3. The third kappa shape index (κ3) is 5.84. The van der Waals surface area contributed by atoms with Gasteiger partial charge in [0.1, 0.15) is 5.75 Å². The van der Waals surface area contributed by atoms with Crippen molar-refractivity contribution >= 4 is 11.8 Å². The molecule has 0 aliphatic carbocycles. The molecule has 28 heavy (non-hydrogen) atoms. The molecule has 150 valence electrons. The van der Waals surface area contributed by atoms with Crippen LogP contribution in [0.1, 0.15) is 58.5 Å². The van der Waals surface area contributed by atoms with Crippen LogP contribution in [0.2, 0.25) is 0 Å². The molecule has 0 saturated heterocycles. The summed E-state index contributed by atoms with van der Waals surface area (Å²) in [5.74, 6) is 0.537. The quantitative estimate of drug-likeness (QED) is 0.707. The summed E-state index contributed by atoms with van der Waals surface area (Å²) in [5.41, 5.74) is 2.91. The van der Waals surface area contributed by atoms with Crippen LogP contribution >= 0.6 is 0 Å². The molecule has 0 heterocycles. The lowest BCUT2D eigenvalue weighted by Crippen LogP contribution is -2.33. The molecular weight excluding hydrogens is 352 g/mol. The summed E-state index contributed by atoms with van der Waals surface area (Å²) in [5, 5.41) is 2.92. The van der Waals surface area contributed by atoms with Crippen molar-refractivity contribution in [3.05, 3.63) is 64.7 Å². The molecule has 2 rings (SSSR count). The number of nitrogens with one attached hydrogen (secondary N) is 1. The number of nitrogens with zero attached hydrogens (tertiary/aromatic N) is 1. The number of amides is 2. The zero-order chi connectivity index (χ0) is 20.5. The van der Waals surface area contributed by atoms with Crippen molar-refractivity contribution in [3.8, 4) is 5.75 Å². The zero-order valence-electron chi connectivity index (χ0n) is 17.2. The highest BCUT2D eigenvalue weighted by atomic mass is 16.5. The van der Waals surface area contributed by atoms with Crippen molar-refractivity contribution in [3.63, 3.8) is 0 Å². The van der Waals surface area contributed by atoms with Crippen LogP contribution in [0.3, 0.4) is 0 Å². The van der Waals surface area contributed by atoms with Crippen LogP contribution in [0.4, 0.5) is 0 Å². The van der Waals surface area contributed by atoms with Crippen molar-refractivity contribution in [1.29, 1.82) is 0 Å². The van der Waals surface area contributed by atoms with E-state index in [-0.39, 0.29) is 11.8 Å². The number of benzene rings is 2. The van der Waals surface area contributed by atoms with Crippen molar-refractivity contribution in [2.75, 3.05) is 20.2 Å². The first kappa shape index (κ1) is 21.5. The monoisotopic (exact) mass is 382 g/mol. The number of methoxy groups -OCH3 is 1. The van der Waals surface area contributed by atoms with Gasteiger partial charge in [0.25, 0.3) is 11.8 Å². The molecule has 5 nitrogen and oxygen atoms in total. The lowest BCUT2D eigenvalue weighted by Gasteiger charge is -2.22. The number of carbonyl (C=O) groups is 2. The van der Waals surface area contributed by atoms with Gasteiger partial charge in [0.2, 0.25) is 0 Å². The molecule has 0 unspecified atom stereocenters. The maximum absolute atomic E-state index is 12.9. The molecule has 2 aromatic rings. The van der Waals surface area contributed by atoms with E-state index in [9.17, 15) is 9.59 Å². The molecule has 0 fully saturated rings. The molecule has 1 N–H and O–H groups in total. The van der Waals surface area contributed by atoms with Crippen LogP contribution < -0.4 is 10.1 Å². The fourth-order valence-corrected chi connectivity index (χ4v) is 3.14. The van der Waals surface area contributed by atoms with E-state index in [2.05, 4.69) is 19.2 Å². The van der Waals surface area contributed by atoms with Gasteiger partial charge in [-0.3, -0.25) is 9.59 Å². The molecule has 0 radical (unpaired) electrons. The Kier molecular flexibility index (Phi) is 8.05. The Bertz CT molecular complexity index is 811. The van der Waals surface area contributed by atoms with Crippen LogP contribution in [0.15, 0.2) is 42.5 Å². The maximum atomic E-state index is 12.9. The van der Waals surface area contributed by atoms with E-state index >= 15 is 0 Å². The summed E-state index contributed by atoms with van der Waals surface area (Å²) >= 11 is 0. The van der Waals surface area contributed by atoms with Crippen LogP contribution in [0, 0.1) is 6.92 Å². The highest BCUT2D eigenvalue weighted by molar-refractivity contribution is 6.00. The zero-order valence-corrected chi connectivity index (χ0v) is 17.2. The summed E-state index contributed by atoms with van der Waals surface area (Å²) in [7, 11) is 1.61. The van der Waals surface area contributed by atoms with Gasteiger partial charge < -0.3 is 15.0 Å². The molecule has 5 heteroatoms. The van der Waals surface area contributed by atoms with Gasteiger partial charge >= 0.3 is 0 Å². The molecule has 0 bridgehead atoms. The number of hydrogen-bond donors (Lipinski definition) is 1. The van der Waals surface area contributed by atoms with Crippen LogP contribution in [0.5, 0.6) is 5.75 Å². The highest BCUT2D eigenvalue weighted by Crippen LogP contribution is 2.15. The number of ether oxygens (including phenoxy) is 1. The van der Waals surface area contributed by atoms with Crippen molar-refractivity contribution in [2.24, 2.45) is 0 Å². The Labute approximate surface area is 167 Å². The van der Waals surface area contributed by atoms with Gasteiger partial charge in [-0.2, -0.15) is 0 Å². The van der Waals surface area contributed by atoms with Gasteiger partial charge in [0.05, 0.1) is 7.11 Å². The first-order chi connectivity index (χ1) is 13.5. The largest absolute Gasteiger partial charge is 0.497 e. The Balaban J connectivity index is 2.14. The van der Waals surface area contributed by atoms with E-state index in [0.29, 0.717) is 17.7 Å². The van der Waals surface area contributed by atoms with Gasteiger partial charge in [-0.1, -0.05) is 26.0 Å². The normalized spacial score (nSPS) is 10.4. The summed E-state index contributed by atoms with van der Waals surface area (Å²) in [6, 6.07) is 12.9. The van der Waals surface area contributed by atoms with Gasteiger partial charge in [-0.05, 0) is 61.2 Å². The highest BCUT2D eigenvalue weighted by Gasteiger charge is 2.17. The first-order valence-corrected chi connectivity index (χ1v) is 9.80. The minimum Gasteiger partial charge on any atom is -0.497 e. The second-order valence-corrected chi connectivity index (χ2v) is 6.91. The molecular formula is C23H30N2O3. The van der Waals surface area contributed by atoms with E-state index < -0.39 is 0 Å². The average molecular weight is 383 g/mol. The molecule has 0 spiro atoms. The van der Waals surface area contributed by atoms with Crippen LogP contribution in [-0.4, -0.2) is 36.9 Å². The second-order valence-electron chi connectivity index (χ2n) is 6.91. The number of aryl methyl sites for hydroxylation is 1. The topological polar surface area (TPSA) is 58.6 Å². The molecule has 0 aromatic heterocycles. The molecule has 0 atom stereocenters. The predicted octanol–water partition coefficient (Wildman–Crippen LogP) is 4.20. The fourth-order valence-electron chi connectivity index (χ4n) is 3.14. The summed E-state index contributed by atoms with van der Waals surface area (Å²) in [6.45, 7) is 7.86. The first-order valence-electron chi connectivity index (χ1n) is 9.80. The lowest BCUT2D eigenvalue weighted by atomic mass is 10.0. The summed E-state index contributed by atoms with van der Waals surface area (Å²) in [4.78, 5) is 27.4. The predicted molar refractivity (Wildman–Crippen MR) is 112 cm³/mol. The van der Waals surface area contributed by atoms with Crippen molar-refractivity contribution in [1.82, 2.24) is 10.2 Å². The van der Waals surface area contributed by atoms with Gasteiger partial charge in [0, 0.05) is 30.8 Å². The molecule has 2 aromatic carbocycles. The Morgan fingerprint density at radius 3 is 2.32 bits per heavy atom. The summed E-state index contributed by atoms with van der Waals surface area (Å²) < 4.78 is 5.21. The number of rotatable bonds is 9. The molecule has 0 aliphatic rings. The molecule has 0 aliphatic heterocycles. The molecule has 0 saturated carbocycles. The maximum Gasteiger partial charge on any atom is 0.253 e. The third-order valence-corrected chi connectivity index (χ3v) is 4.45. The van der Waals surface area contributed by atoms with Gasteiger partial charge in [-0.15, -0.1) is 0 Å². The standard InChI is InChI=1S/C23H30N2O3/c1-5-10-25(11-6-2)23(27)20-13-17(3)12-19(15-20)22(26)24-16-18-8-7-9-21(14-18)28-4/h7-9,12-15H,5-6,10-11,16H2,1-4H3,(H,24,26). The van der Waals surface area contributed by atoms with Crippen molar-refractivity contribution in [2.45, 2.75) is 40.2 Å². The SMILES string of the molecule is CCCN(CCC)C(=O)c1cc(C)cc(C(=O)NCc2cccc(OC)c2)c1. The lowest BCUT2D eigenvalue weighted by molar-refractivity contribution is 0.0755. The summed E-state index contributed by atoms with van der Waals surface area (Å²) in [6.07, 6.45) is 1.82. The Morgan fingerprint density at radius 1 is 1.00 bits per heavy atom. The Morgan fingerprint density at radius 2 is 1.68 bits per heavy atom. The number of carbonyl (C=O) groups excluding carboxylic acids is 2. The fraction of sp³-hybridized carbons (Fsp3) is 0.391. The minimum absolute atomic E-state index is 0.0192. The van der Waals surface area contributed by atoms with Crippen LogP contribution in [0.25, 0.3) is 0 Å². The van der Waals surface area contributed by atoms with E-state index in [1.807, 2.05) is 48.2 Å². The van der Waals surface area contributed by atoms with Crippen molar-refractivity contribution < 1.29 is 14.3 Å². The minimum atomic E-state index is -0.196. The van der Waals surface area contributed by atoms with Gasteiger partial charge in [-0.25, -0.2) is 0 Å². The van der Waals surface area contributed by atoms with E-state index in [0.717, 1.165) is 42.8 Å².